The van der Waals surface area contributed by atoms with Crippen LogP contribution in [0.4, 0.5) is 22.9 Å². The fourth-order valence-corrected chi connectivity index (χ4v) is 5.56. The summed E-state index contributed by atoms with van der Waals surface area (Å²) in [6, 6.07) is 16.8. The molecule has 4 aromatic heterocycles. The van der Waals surface area contributed by atoms with Crippen LogP contribution in [0.15, 0.2) is 78.6 Å². The molecule has 5 heterocycles. The molecular formula is C30H30N8O2S. The lowest BCUT2D eigenvalue weighted by Gasteiger charge is -2.33. The fourth-order valence-electron chi connectivity index (χ4n) is 4.79. The van der Waals surface area contributed by atoms with Gasteiger partial charge in [0.2, 0.25) is 0 Å². The van der Waals surface area contributed by atoms with Crippen molar-refractivity contribution in [2.24, 2.45) is 0 Å². The molecule has 10 nitrogen and oxygen atoms in total. The predicted molar refractivity (Wildman–Crippen MR) is 163 cm³/mol. The average molecular weight is 567 g/mol. The summed E-state index contributed by atoms with van der Waals surface area (Å²) in [4.78, 5) is 43.1. The number of amides is 2. The van der Waals surface area contributed by atoms with E-state index in [1.807, 2.05) is 60.1 Å². The molecule has 11 heteroatoms. The highest BCUT2D eigenvalue weighted by atomic mass is 32.1. The summed E-state index contributed by atoms with van der Waals surface area (Å²) in [6.07, 6.45) is 5.24. The largest absolute Gasteiger partial charge is 0.354 e. The molecule has 6 rings (SSSR count). The summed E-state index contributed by atoms with van der Waals surface area (Å²) < 4.78 is 0. The minimum absolute atomic E-state index is 0.176. The summed E-state index contributed by atoms with van der Waals surface area (Å²) in [5, 5.41) is 12.2. The first kappa shape index (κ1) is 26.5. The van der Waals surface area contributed by atoms with Gasteiger partial charge in [-0.1, -0.05) is 12.1 Å². The minimum Gasteiger partial charge on any atom is -0.354 e. The number of carbonyl (C=O) groups is 2. The summed E-state index contributed by atoms with van der Waals surface area (Å²) in [6.45, 7) is 4.01. The van der Waals surface area contributed by atoms with Crippen molar-refractivity contribution in [3.05, 3.63) is 94.6 Å². The summed E-state index contributed by atoms with van der Waals surface area (Å²) in [5.74, 6) is 0.432. The number of nitrogens with zero attached hydrogens (tertiary/aromatic N) is 4. The first-order valence-electron chi connectivity index (χ1n) is 13.4. The second-order valence-corrected chi connectivity index (χ2v) is 10.8. The number of thiophene rings is 1. The molecule has 0 radical (unpaired) electrons. The van der Waals surface area contributed by atoms with E-state index < -0.39 is 0 Å². The second kappa shape index (κ2) is 11.8. The van der Waals surface area contributed by atoms with Crippen molar-refractivity contribution in [2.45, 2.75) is 6.54 Å². The Labute approximate surface area is 241 Å². The third kappa shape index (κ3) is 6.06. The molecule has 5 aromatic rings. The highest BCUT2D eigenvalue weighted by molar-refractivity contribution is 7.12. The van der Waals surface area contributed by atoms with Crippen LogP contribution in [0.1, 0.15) is 25.6 Å². The third-order valence-electron chi connectivity index (χ3n) is 7.07. The van der Waals surface area contributed by atoms with Crippen LogP contribution >= 0.6 is 11.3 Å². The summed E-state index contributed by atoms with van der Waals surface area (Å²) in [7, 11) is 2.11. The number of benzene rings is 1. The maximum Gasteiger partial charge on any atom is 0.263 e. The predicted octanol–water partition coefficient (Wildman–Crippen LogP) is 4.70. The van der Waals surface area contributed by atoms with Crippen molar-refractivity contribution in [1.82, 2.24) is 25.2 Å². The van der Waals surface area contributed by atoms with Crippen LogP contribution in [0, 0.1) is 0 Å². The first-order chi connectivity index (χ1) is 20.0. The molecule has 0 spiro atoms. The smallest absolute Gasteiger partial charge is 0.263 e. The van der Waals surface area contributed by atoms with Gasteiger partial charge in [-0.3, -0.25) is 9.59 Å². The van der Waals surface area contributed by atoms with E-state index in [1.54, 1.807) is 18.5 Å². The Morgan fingerprint density at radius 2 is 1.80 bits per heavy atom. The normalized spacial score (nSPS) is 13.7. The maximum absolute atomic E-state index is 13.1. The third-order valence-corrected chi connectivity index (χ3v) is 7.99. The molecule has 208 valence electrons. The molecule has 0 unspecified atom stereocenters. The van der Waals surface area contributed by atoms with E-state index in [-0.39, 0.29) is 11.8 Å². The monoisotopic (exact) mass is 566 g/mol. The maximum atomic E-state index is 13.1. The molecule has 0 atom stereocenters. The molecule has 0 bridgehead atoms. The van der Waals surface area contributed by atoms with E-state index in [0.29, 0.717) is 22.7 Å². The van der Waals surface area contributed by atoms with Crippen LogP contribution in [0.2, 0.25) is 0 Å². The van der Waals surface area contributed by atoms with Crippen molar-refractivity contribution >= 4 is 57.1 Å². The number of rotatable bonds is 8. The Morgan fingerprint density at radius 1 is 0.951 bits per heavy atom. The number of pyridine rings is 2. The number of hydrogen-bond acceptors (Lipinski definition) is 8. The van der Waals surface area contributed by atoms with Gasteiger partial charge in [-0.05, 0) is 60.5 Å². The first-order valence-corrected chi connectivity index (χ1v) is 14.3. The van der Waals surface area contributed by atoms with E-state index in [1.165, 1.54) is 11.3 Å². The quantitative estimate of drug-likeness (QED) is 0.215. The second-order valence-electron chi connectivity index (χ2n) is 9.92. The minimum atomic E-state index is -0.203. The van der Waals surface area contributed by atoms with Gasteiger partial charge in [0.25, 0.3) is 11.8 Å². The number of carbonyl (C=O) groups excluding carboxylic acids is 2. The molecule has 0 saturated carbocycles. The lowest BCUT2D eigenvalue weighted by molar-refractivity contribution is 0.0954. The number of fused-ring (bicyclic) bond motifs is 1. The van der Waals surface area contributed by atoms with Crippen molar-refractivity contribution in [3.8, 4) is 0 Å². The Morgan fingerprint density at radius 3 is 2.68 bits per heavy atom. The zero-order chi connectivity index (χ0) is 28.2. The summed E-state index contributed by atoms with van der Waals surface area (Å²) >= 11 is 1.37. The Hall–Kier alpha value is -4.74. The van der Waals surface area contributed by atoms with Crippen LogP contribution in [0.5, 0.6) is 0 Å². The number of likely N-dealkylation sites (N-methyl/N-ethyl adjacent to an activating group) is 1. The SMILES string of the molecule is CN1CCN(c2cc(C(=O)Nc3cccc(CNC(=O)c4sccc4Nc4ccnc5[nH]ccc45)c3)ccn2)CC1. The zero-order valence-corrected chi connectivity index (χ0v) is 23.4. The number of hydrogen-bond donors (Lipinski definition) is 4. The molecule has 41 heavy (non-hydrogen) atoms. The van der Waals surface area contributed by atoms with Crippen molar-refractivity contribution in [2.75, 3.05) is 48.8 Å². The molecule has 1 saturated heterocycles. The van der Waals surface area contributed by atoms with Gasteiger partial charge >= 0.3 is 0 Å². The number of nitrogens with one attached hydrogen (secondary N) is 4. The Kier molecular flexibility index (Phi) is 7.61. The Bertz CT molecular complexity index is 1690. The topological polar surface area (TPSA) is 118 Å². The van der Waals surface area contributed by atoms with E-state index in [9.17, 15) is 9.59 Å². The van der Waals surface area contributed by atoms with Crippen LogP contribution in [-0.4, -0.2) is 64.9 Å². The van der Waals surface area contributed by atoms with Crippen LogP contribution in [-0.2, 0) is 6.54 Å². The lowest BCUT2D eigenvalue weighted by Crippen LogP contribution is -2.44. The van der Waals surface area contributed by atoms with Gasteiger partial charge in [0, 0.05) is 68.0 Å². The average Bonchev–Trinajstić information content (AvgIpc) is 3.67. The Balaban J connectivity index is 1.08. The van der Waals surface area contributed by atoms with Crippen LogP contribution in [0.25, 0.3) is 11.0 Å². The molecule has 2 amide bonds. The van der Waals surface area contributed by atoms with Crippen LogP contribution < -0.4 is 20.9 Å². The standard InChI is InChI=1S/C30H30N8O2S/c1-37-12-14-38(15-13-37)26-18-21(5-9-31-26)29(39)35-22-4-2-3-20(17-22)19-34-30(40)27-25(8-16-41-27)36-24-7-11-33-28-23(24)6-10-32-28/h2-11,16-18H,12-15,19H2,1H3,(H,34,40)(H,35,39)(H2,32,33,36). The van der Waals surface area contributed by atoms with Gasteiger partial charge in [0.05, 0.1) is 11.4 Å². The molecule has 0 aliphatic carbocycles. The number of aromatic amines is 1. The van der Waals surface area contributed by atoms with Crippen molar-refractivity contribution < 1.29 is 9.59 Å². The number of piperazine rings is 1. The number of H-pyrrole nitrogens is 1. The van der Waals surface area contributed by atoms with Gasteiger partial charge in [0.1, 0.15) is 16.3 Å². The van der Waals surface area contributed by atoms with Gasteiger partial charge in [-0.2, -0.15) is 0 Å². The van der Waals surface area contributed by atoms with Gasteiger partial charge < -0.3 is 30.7 Å². The van der Waals surface area contributed by atoms with Crippen LogP contribution in [0.3, 0.4) is 0 Å². The van der Waals surface area contributed by atoms with Crippen molar-refractivity contribution in [3.63, 3.8) is 0 Å². The number of anilines is 4. The fraction of sp³-hybridized carbons (Fsp3) is 0.200. The van der Waals surface area contributed by atoms with E-state index in [0.717, 1.165) is 60.0 Å². The van der Waals surface area contributed by atoms with Gasteiger partial charge in [-0.25, -0.2) is 9.97 Å². The van der Waals surface area contributed by atoms with E-state index in [4.69, 9.17) is 0 Å². The van der Waals surface area contributed by atoms with E-state index in [2.05, 4.69) is 47.7 Å². The molecule has 1 aromatic carbocycles. The molecule has 4 N–H and O–H groups in total. The zero-order valence-electron chi connectivity index (χ0n) is 22.6. The highest BCUT2D eigenvalue weighted by Gasteiger charge is 2.18. The molecule has 1 aliphatic heterocycles. The highest BCUT2D eigenvalue weighted by Crippen LogP contribution is 2.29. The summed E-state index contributed by atoms with van der Waals surface area (Å²) in [5.41, 5.74) is 4.47. The molecule has 1 fully saturated rings. The lowest BCUT2D eigenvalue weighted by atomic mass is 10.1. The van der Waals surface area contributed by atoms with Crippen molar-refractivity contribution in [1.29, 1.82) is 0 Å². The van der Waals surface area contributed by atoms with E-state index >= 15 is 0 Å². The molecular weight excluding hydrogens is 536 g/mol. The number of aromatic nitrogens is 3. The van der Waals surface area contributed by atoms with Gasteiger partial charge in [0.15, 0.2) is 0 Å². The molecule has 1 aliphatic rings. The van der Waals surface area contributed by atoms with Gasteiger partial charge in [-0.15, -0.1) is 11.3 Å².